The smallest absolute Gasteiger partial charge is 0.403 e. The monoisotopic (exact) mass is 372 g/mol. The van der Waals surface area contributed by atoms with E-state index in [0.29, 0.717) is 12.4 Å². The molecule has 0 spiro atoms. The molecular formula is C15H18BrO4P. The van der Waals surface area contributed by atoms with E-state index in [1.54, 1.807) is 13.0 Å². The van der Waals surface area contributed by atoms with Gasteiger partial charge in [0, 0.05) is 9.86 Å². The van der Waals surface area contributed by atoms with Gasteiger partial charge in [0.15, 0.2) is 0 Å². The van der Waals surface area contributed by atoms with Crippen molar-refractivity contribution in [1.29, 1.82) is 0 Å². The summed E-state index contributed by atoms with van der Waals surface area (Å²) in [5.41, 5.74) is 0. The van der Waals surface area contributed by atoms with Gasteiger partial charge in [-0.2, -0.15) is 0 Å². The Bertz CT molecular complexity index is 659. The van der Waals surface area contributed by atoms with E-state index < -0.39 is 7.82 Å². The van der Waals surface area contributed by atoms with Gasteiger partial charge < -0.3 is 4.52 Å². The molecule has 4 nitrogen and oxygen atoms in total. The van der Waals surface area contributed by atoms with Gasteiger partial charge in [-0.05, 0) is 30.9 Å². The number of fused-ring (bicyclic) bond motifs is 1. The second kappa shape index (κ2) is 7.41. The van der Waals surface area contributed by atoms with Crippen LogP contribution in [0.4, 0.5) is 0 Å². The first kappa shape index (κ1) is 16.5. The van der Waals surface area contributed by atoms with Crippen molar-refractivity contribution >= 4 is 34.5 Å². The molecule has 0 saturated carbocycles. The summed E-state index contributed by atoms with van der Waals surface area (Å²) in [6.45, 7) is 4.28. The van der Waals surface area contributed by atoms with Gasteiger partial charge in [-0.25, -0.2) is 4.57 Å². The van der Waals surface area contributed by atoms with Gasteiger partial charge in [0.05, 0.1) is 13.2 Å². The average molecular weight is 373 g/mol. The molecule has 0 aliphatic rings. The quantitative estimate of drug-likeness (QED) is 0.597. The molecule has 114 valence electrons. The van der Waals surface area contributed by atoms with Gasteiger partial charge in [-0.3, -0.25) is 9.05 Å². The summed E-state index contributed by atoms with van der Waals surface area (Å²) in [6, 6.07) is 11.3. The Morgan fingerprint density at radius 2 is 1.76 bits per heavy atom. The lowest BCUT2D eigenvalue weighted by molar-refractivity contribution is 0.162. The van der Waals surface area contributed by atoms with Crippen molar-refractivity contribution in [2.75, 3.05) is 13.2 Å². The third-order valence-corrected chi connectivity index (χ3v) is 4.97. The average Bonchev–Trinajstić information content (AvgIpc) is 2.49. The number of phosphoric ester groups is 1. The van der Waals surface area contributed by atoms with Gasteiger partial charge in [0.2, 0.25) is 0 Å². The van der Waals surface area contributed by atoms with Crippen molar-refractivity contribution in [3.05, 3.63) is 40.9 Å². The van der Waals surface area contributed by atoms with Crippen LogP contribution < -0.4 is 4.52 Å². The standard InChI is InChI=1S/C15H18BrO4P/c1-3-11-19-21(17,18-4-2)20-15-10-9-14(16)12-7-5-6-8-13(12)15/h5-10H,3-4,11H2,1-2H3. The Labute approximate surface area is 133 Å². The molecule has 2 aromatic carbocycles. The molecule has 1 atom stereocenters. The largest absolute Gasteiger partial charge is 0.530 e. The minimum atomic E-state index is -3.59. The van der Waals surface area contributed by atoms with Gasteiger partial charge in [0.1, 0.15) is 5.75 Å². The fraction of sp³-hybridized carbons (Fsp3) is 0.333. The maximum Gasteiger partial charge on any atom is 0.530 e. The lowest BCUT2D eigenvalue weighted by atomic mass is 10.1. The molecule has 0 aliphatic heterocycles. The molecule has 1 unspecified atom stereocenters. The molecule has 2 rings (SSSR count). The zero-order valence-electron chi connectivity index (χ0n) is 12.0. The van der Waals surface area contributed by atoms with Crippen LogP contribution in [0.15, 0.2) is 40.9 Å². The van der Waals surface area contributed by atoms with Gasteiger partial charge in [-0.15, -0.1) is 0 Å². The van der Waals surface area contributed by atoms with E-state index in [1.807, 2.05) is 37.3 Å². The van der Waals surface area contributed by atoms with Gasteiger partial charge >= 0.3 is 7.82 Å². The number of phosphoric acid groups is 1. The predicted octanol–water partition coefficient (Wildman–Crippen LogP) is 5.55. The Kier molecular flexibility index (Phi) is 5.82. The fourth-order valence-electron chi connectivity index (χ4n) is 1.89. The van der Waals surface area contributed by atoms with E-state index in [1.165, 1.54) is 0 Å². The van der Waals surface area contributed by atoms with E-state index in [-0.39, 0.29) is 6.61 Å². The number of halogens is 1. The minimum Gasteiger partial charge on any atom is -0.403 e. The SMILES string of the molecule is CCCOP(=O)(OCC)Oc1ccc(Br)c2ccccc12. The third-order valence-electron chi connectivity index (χ3n) is 2.78. The van der Waals surface area contributed by atoms with E-state index in [0.717, 1.165) is 21.7 Å². The molecule has 0 radical (unpaired) electrons. The second-order valence-corrected chi connectivity index (χ2v) is 6.83. The molecule has 6 heteroatoms. The minimum absolute atomic E-state index is 0.259. The second-order valence-electron chi connectivity index (χ2n) is 4.38. The number of benzene rings is 2. The van der Waals surface area contributed by atoms with Crippen LogP contribution in [0.1, 0.15) is 20.3 Å². The number of hydrogen-bond donors (Lipinski definition) is 0. The Morgan fingerprint density at radius 1 is 1.05 bits per heavy atom. The summed E-state index contributed by atoms with van der Waals surface area (Å²) in [4.78, 5) is 0. The Balaban J connectivity index is 2.37. The maximum absolute atomic E-state index is 12.6. The highest BCUT2D eigenvalue weighted by molar-refractivity contribution is 9.10. The summed E-state index contributed by atoms with van der Waals surface area (Å²) in [7, 11) is -3.59. The molecule has 0 amide bonds. The van der Waals surface area contributed by atoms with Crippen LogP contribution in [0.2, 0.25) is 0 Å². The van der Waals surface area contributed by atoms with Crippen molar-refractivity contribution in [3.8, 4) is 5.75 Å². The van der Waals surface area contributed by atoms with Crippen molar-refractivity contribution in [2.45, 2.75) is 20.3 Å². The van der Waals surface area contributed by atoms with E-state index in [9.17, 15) is 4.57 Å². The van der Waals surface area contributed by atoms with Crippen LogP contribution >= 0.6 is 23.8 Å². The van der Waals surface area contributed by atoms with Crippen LogP contribution in [0.3, 0.4) is 0 Å². The fourth-order valence-corrected chi connectivity index (χ4v) is 3.67. The normalized spacial score (nSPS) is 14.0. The van der Waals surface area contributed by atoms with Crippen LogP contribution in [-0.2, 0) is 13.6 Å². The van der Waals surface area contributed by atoms with Crippen LogP contribution in [0, 0.1) is 0 Å². The van der Waals surface area contributed by atoms with Gasteiger partial charge in [0.25, 0.3) is 0 Å². The topological polar surface area (TPSA) is 44.8 Å². The molecule has 0 heterocycles. The van der Waals surface area contributed by atoms with E-state index in [4.69, 9.17) is 13.6 Å². The van der Waals surface area contributed by atoms with Crippen molar-refractivity contribution in [2.24, 2.45) is 0 Å². The zero-order chi connectivity index (χ0) is 15.3. The molecule has 0 saturated heterocycles. The van der Waals surface area contributed by atoms with Crippen LogP contribution in [-0.4, -0.2) is 13.2 Å². The van der Waals surface area contributed by atoms with Crippen LogP contribution in [0.5, 0.6) is 5.75 Å². The molecule has 0 fully saturated rings. The van der Waals surface area contributed by atoms with Crippen molar-refractivity contribution in [1.82, 2.24) is 0 Å². The Morgan fingerprint density at radius 3 is 2.43 bits per heavy atom. The lowest BCUT2D eigenvalue weighted by Crippen LogP contribution is -2.03. The highest BCUT2D eigenvalue weighted by atomic mass is 79.9. The van der Waals surface area contributed by atoms with Gasteiger partial charge in [-0.1, -0.05) is 47.1 Å². The first-order valence-electron chi connectivity index (χ1n) is 6.85. The summed E-state index contributed by atoms with van der Waals surface area (Å²) in [5, 5.41) is 1.83. The summed E-state index contributed by atoms with van der Waals surface area (Å²) >= 11 is 3.50. The molecule has 0 aromatic heterocycles. The highest BCUT2D eigenvalue weighted by Gasteiger charge is 2.28. The molecule has 21 heavy (non-hydrogen) atoms. The molecular weight excluding hydrogens is 355 g/mol. The molecule has 2 aromatic rings. The first-order chi connectivity index (χ1) is 10.1. The van der Waals surface area contributed by atoms with E-state index >= 15 is 0 Å². The van der Waals surface area contributed by atoms with Crippen molar-refractivity contribution < 1.29 is 18.1 Å². The number of hydrogen-bond acceptors (Lipinski definition) is 4. The first-order valence-corrected chi connectivity index (χ1v) is 9.11. The maximum atomic E-state index is 12.6. The lowest BCUT2D eigenvalue weighted by Gasteiger charge is -2.18. The molecule has 0 aliphatic carbocycles. The highest BCUT2D eigenvalue weighted by Crippen LogP contribution is 2.51. The molecule has 0 N–H and O–H groups in total. The Hall–Kier alpha value is -0.870. The predicted molar refractivity (Wildman–Crippen MR) is 87.8 cm³/mol. The zero-order valence-corrected chi connectivity index (χ0v) is 14.5. The summed E-state index contributed by atoms with van der Waals surface area (Å²) in [6.07, 6.45) is 0.738. The molecule has 0 bridgehead atoms. The van der Waals surface area contributed by atoms with E-state index in [2.05, 4.69) is 15.9 Å². The third kappa shape index (κ3) is 4.07. The van der Waals surface area contributed by atoms with Crippen molar-refractivity contribution in [3.63, 3.8) is 0 Å². The summed E-state index contributed by atoms with van der Waals surface area (Å²) in [5.74, 6) is 0.488. The number of rotatable bonds is 7. The summed E-state index contributed by atoms with van der Waals surface area (Å²) < 4.78 is 29.7. The van der Waals surface area contributed by atoms with Crippen LogP contribution in [0.25, 0.3) is 10.8 Å².